The van der Waals surface area contributed by atoms with Crippen LogP contribution in [0.1, 0.15) is 0 Å². The van der Waals surface area contributed by atoms with E-state index in [0.29, 0.717) is 0 Å². The maximum Gasteiger partial charge on any atom is 0.0561 e. The van der Waals surface area contributed by atoms with E-state index in [1.165, 1.54) is 65.6 Å². The minimum Gasteiger partial charge on any atom is -0.310 e. The number of anilines is 3. The summed E-state index contributed by atoms with van der Waals surface area (Å²) in [5, 5.41) is 7.51. The van der Waals surface area contributed by atoms with Crippen molar-refractivity contribution in [2.75, 3.05) is 4.90 Å². The van der Waals surface area contributed by atoms with E-state index in [1.807, 2.05) is 0 Å². The van der Waals surface area contributed by atoms with Gasteiger partial charge in [0.05, 0.1) is 16.7 Å². The van der Waals surface area contributed by atoms with Gasteiger partial charge in [-0.2, -0.15) is 0 Å². The average molecular weight is 663 g/mol. The summed E-state index contributed by atoms with van der Waals surface area (Å²) < 4.78 is 2.43. The first kappa shape index (κ1) is 30.0. The van der Waals surface area contributed by atoms with Gasteiger partial charge in [-0.25, -0.2) is 0 Å². The maximum atomic E-state index is 2.43. The Labute approximate surface area is 303 Å². The third-order valence-electron chi connectivity index (χ3n) is 10.4. The van der Waals surface area contributed by atoms with Crippen LogP contribution >= 0.6 is 0 Å². The summed E-state index contributed by atoms with van der Waals surface area (Å²) in [5.41, 5.74) is 11.6. The van der Waals surface area contributed by atoms with Crippen LogP contribution in [0.3, 0.4) is 0 Å². The van der Waals surface area contributed by atoms with E-state index in [9.17, 15) is 0 Å². The molecule has 9 aromatic carbocycles. The van der Waals surface area contributed by atoms with E-state index >= 15 is 0 Å². The second-order valence-corrected chi connectivity index (χ2v) is 13.4. The van der Waals surface area contributed by atoms with Gasteiger partial charge in [0.25, 0.3) is 0 Å². The molecule has 0 N–H and O–H groups in total. The summed E-state index contributed by atoms with van der Waals surface area (Å²) in [6, 6.07) is 74.7. The second kappa shape index (κ2) is 12.5. The second-order valence-electron chi connectivity index (χ2n) is 13.4. The smallest absolute Gasteiger partial charge is 0.0561 e. The third-order valence-corrected chi connectivity index (χ3v) is 10.4. The van der Waals surface area contributed by atoms with Crippen LogP contribution in [0.2, 0.25) is 0 Å². The van der Waals surface area contributed by atoms with Crippen LogP contribution in [0.5, 0.6) is 0 Å². The molecule has 0 amide bonds. The van der Waals surface area contributed by atoms with Gasteiger partial charge < -0.3 is 9.47 Å². The number of hydrogen-bond donors (Lipinski definition) is 0. The fraction of sp³-hybridized carbons (Fsp3) is 0. The van der Waals surface area contributed by atoms with E-state index in [0.717, 1.165) is 22.7 Å². The topological polar surface area (TPSA) is 8.17 Å². The molecule has 0 atom stereocenters. The molecular weight excluding hydrogens is 629 g/mol. The van der Waals surface area contributed by atoms with Gasteiger partial charge in [0.1, 0.15) is 0 Å². The van der Waals surface area contributed by atoms with Crippen LogP contribution < -0.4 is 4.90 Å². The van der Waals surface area contributed by atoms with Crippen molar-refractivity contribution in [3.05, 3.63) is 206 Å². The molecule has 1 heterocycles. The number of hydrogen-bond acceptors (Lipinski definition) is 1. The van der Waals surface area contributed by atoms with Crippen molar-refractivity contribution in [1.82, 2.24) is 4.57 Å². The van der Waals surface area contributed by atoms with Gasteiger partial charge >= 0.3 is 0 Å². The highest BCUT2D eigenvalue weighted by Gasteiger charge is 2.20. The van der Waals surface area contributed by atoms with Gasteiger partial charge in [0, 0.05) is 33.4 Å². The number of benzene rings is 9. The average Bonchev–Trinajstić information content (AvgIpc) is 3.55. The molecule has 10 rings (SSSR count). The van der Waals surface area contributed by atoms with Crippen LogP contribution in [0.4, 0.5) is 17.1 Å². The van der Waals surface area contributed by atoms with Crippen molar-refractivity contribution in [3.8, 4) is 27.9 Å². The molecule has 0 bridgehead atoms. The van der Waals surface area contributed by atoms with Gasteiger partial charge in [-0.15, -0.1) is 0 Å². The molecule has 0 saturated carbocycles. The van der Waals surface area contributed by atoms with Gasteiger partial charge in [-0.05, 0) is 86.8 Å². The Morgan fingerprint density at radius 2 is 0.904 bits per heavy atom. The standard InChI is InChI=1S/C50H34N2/c1-3-13-35(14-4-1)36-25-27-40(28-26-36)51(48-21-11-9-19-45(48)37-15-5-2-6-16-37)42-30-32-47-46-20-10-12-22-49(46)52(50(47)34-42)41-29-31-44-39(33-41)24-23-38-17-7-8-18-43(38)44/h1-34H. The van der Waals surface area contributed by atoms with E-state index in [4.69, 9.17) is 0 Å². The zero-order valence-corrected chi connectivity index (χ0v) is 28.5. The molecule has 0 saturated heterocycles. The first-order valence-corrected chi connectivity index (χ1v) is 17.9. The summed E-state index contributed by atoms with van der Waals surface area (Å²) in [6.45, 7) is 0. The summed E-state index contributed by atoms with van der Waals surface area (Å²) in [7, 11) is 0. The zero-order chi connectivity index (χ0) is 34.4. The molecule has 2 heteroatoms. The van der Waals surface area contributed by atoms with E-state index in [2.05, 4.69) is 216 Å². The first-order valence-electron chi connectivity index (χ1n) is 17.9. The van der Waals surface area contributed by atoms with Crippen LogP contribution in [0, 0.1) is 0 Å². The van der Waals surface area contributed by atoms with Gasteiger partial charge in [-0.1, -0.05) is 158 Å². The summed E-state index contributed by atoms with van der Waals surface area (Å²) in [4.78, 5) is 2.41. The van der Waals surface area contributed by atoms with Gasteiger partial charge in [0.2, 0.25) is 0 Å². The van der Waals surface area contributed by atoms with E-state index < -0.39 is 0 Å². The molecule has 244 valence electrons. The highest BCUT2D eigenvalue weighted by molar-refractivity contribution is 6.12. The number of rotatable bonds is 6. The minimum atomic E-state index is 1.10. The predicted molar refractivity (Wildman–Crippen MR) is 221 cm³/mol. The molecule has 52 heavy (non-hydrogen) atoms. The number of para-hydroxylation sites is 2. The third kappa shape index (κ3) is 5.04. The van der Waals surface area contributed by atoms with Crippen molar-refractivity contribution in [2.45, 2.75) is 0 Å². The monoisotopic (exact) mass is 662 g/mol. The predicted octanol–water partition coefficient (Wildman–Crippen LogP) is 13.9. The first-order chi connectivity index (χ1) is 25.8. The number of fused-ring (bicyclic) bond motifs is 6. The van der Waals surface area contributed by atoms with E-state index in [-0.39, 0.29) is 0 Å². The normalized spacial score (nSPS) is 11.5. The zero-order valence-electron chi connectivity index (χ0n) is 28.5. The molecule has 0 fully saturated rings. The fourth-order valence-electron chi connectivity index (χ4n) is 7.91. The molecule has 0 aliphatic rings. The molecular formula is C50H34N2. The maximum absolute atomic E-state index is 2.43. The summed E-state index contributed by atoms with van der Waals surface area (Å²) in [5.74, 6) is 0. The highest BCUT2D eigenvalue weighted by atomic mass is 15.1. The van der Waals surface area contributed by atoms with Crippen molar-refractivity contribution in [3.63, 3.8) is 0 Å². The molecule has 1 aromatic heterocycles. The van der Waals surface area contributed by atoms with Gasteiger partial charge in [-0.3, -0.25) is 0 Å². The largest absolute Gasteiger partial charge is 0.310 e. The van der Waals surface area contributed by atoms with Crippen LogP contribution in [-0.2, 0) is 0 Å². The van der Waals surface area contributed by atoms with E-state index in [1.54, 1.807) is 0 Å². The Morgan fingerprint density at radius 3 is 1.73 bits per heavy atom. The molecule has 0 aliphatic carbocycles. The lowest BCUT2D eigenvalue weighted by Crippen LogP contribution is -2.11. The molecule has 2 nitrogen and oxygen atoms in total. The van der Waals surface area contributed by atoms with Crippen molar-refractivity contribution in [1.29, 1.82) is 0 Å². The Balaban J connectivity index is 1.20. The van der Waals surface area contributed by atoms with Crippen LogP contribution in [0.25, 0.3) is 71.3 Å². The fourth-order valence-corrected chi connectivity index (χ4v) is 7.91. The number of aromatic nitrogens is 1. The minimum absolute atomic E-state index is 1.10. The lowest BCUT2D eigenvalue weighted by Gasteiger charge is -2.28. The Kier molecular flexibility index (Phi) is 7.18. The van der Waals surface area contributed by atoms with Gasteiger partial charge in [0.15, 0.2) is 0 Å². The lowest BCUT2D eigenvalue weighted by atomic mass is 10.0. The summed E-state index contributed by atoms with van der Waals surface area (Å²) in [6.07, 6.45) is 0. The van der Waals surface area contributed by atoms with Crippen LogP contribution in [0.15, 0.2) is 206 Å². The molecule has 0 aliphatic heterocycles. The van der Waals surface area contributed by atoms with Crippen molar-refractivity contribution < 1.29 is 0 Å². The molecule has 10 aromatic rings. The Morgan fingerprint density at radius 1 is 0.327 bits per heavy atom. The van der Waals surface area contributed by atoms with Crippen LogP contribution in [-0.4, -0.2) is 4.57 Å². The SMILES string of the molecule is c1ccc(-c2ccc(N(c3ccc4c5ccccc5n(-c5ccc6c(ccc7ccccc76)c5)c4c3)c3ccccc3-c3ccccc3)cc2)cc1. The molecule has 0 spiro atoms. The van der Waals surface area contributed by atoms with Crippen molar-refractivity contribution in [2.24, 2.45) is 0 Å². The molecule has 0 radical (unpaired) electrons. The Bertz CT molecular complexity index is 2890. The Hall–Kier alpha value is -6.90. The number of nitrogens with zero attached hydrogens (tertiary/aromatic N) is 2. The summed E-state index contributed by atoms with van der Waals surface area (Å²) >= 11 is 0. The molecule has 0 unspecified atom stereocenters. The van der Waals surface area contributed by atoms with Crippen molar-refractivity contribution >= 4 is 60.4 Å². The quantitative estimate of drug-likeness (QED) is 0.161. The highest BCUT2D eigenvalue weighted by Crippen LogP contribution is 2.43. The lowest BCUT2D eigenvalue weighted by molar-refractivity contribution is 1.18.